The van der Waals surface area contributed by atoms with Crippen LogP contribution in [0, 0.1) is 0 Å². The fourth-order valence-electron chi connectivity index (χ4n) is 2.97. The van der Waals surface area contributed by atoms with Crippen molar-refractivity contribution in [2.45, 2.75) is 38.4 Å². The van der Waals surface area contributed by atoms with Gasteiger partial charge >= 0.3 is 5.97 Å². The normalized spacial score (nSPS) is 17.5. The maximum atomic E-state index is 11.0. The van der Waals surface area contributed by atoms with E-state index < -0.39 is 5.97 Å². The number of rotatable bonds is 4. The Balaban J connectivity index is 1.45. The van der Waals surface area contributed by atoms with E-state index in [1.165, 1.54) is 18.4 Å². The molecule has 1 aliphatic heterocycles. The predicted octanol–water partition coefficient (Wildman–Crippen LogP) is 2.57. The second-order valence-corrected chi connectivity index (χ2v) is 6.16. The van der Waals surface area contributed by atoms with Crippen molar-refractivity contribution in [2.24, 2.45) is 0 Å². The molecule has 112 valence electrons. The molecule has 1 aromatic carbocycles. The Kier molecular flexibility index (Phi) is 3.15. The molecule has 4 rings (SSSR count). The van der Waals surface area contributed by atoms with Crippen molar-refractivity contribution < 1.29 is 9.90 Å². The average molecular weight is 295 g/mol. The van der Waals surface area contributed by atoms with Crippen molar-refractivity contribution >= 4 is 5.97 Å². The van der Waals surface area contributed by atoms with Gasteiger partial charge in [-0.15, -0.1) is 0 Å². The third kappa shape index (κ3) is 2.60. The highest BCUT2D eigenvalue weighted by molar-refractivity contribution is 5.87. The van der Waals surface area contributed by atoms with Gasteiger partial charge < -0.3 is 5.11 Å². The second kappa shape index (κ2) is 5.18. The fourth-order valence-corrected chi connectivity index (χ4v) is 2.97. The van der Waals surface area contributed by atoms with Crippen LogP contribution >= 0.6 is 0 Å². The fraction of sp³-hybridized carbons (Fsp3) is 0.353. The first-order valence-corrected chi connectivity index (χ1v) is 7.57. The van der Waals surface area contributed by atoms with E-state index in [0.717, 1.165) is 36.6 Å². The van der Waals surface area contributed by atoms with Crippen molar-refractivity contribution in [1.29, 1.82) is 0 Å². The zero-order valence-electron chi connectivity index (χ0n) is 12.2. The maximum Gasteiger partial charge on any atom is 0.335 e. The topological polar surface area (TPSA) is 66.3 Å². The molecule has 5 nitrogen and oxygen atoms in total. The number of benzene rings is 1. The molecular weight excluding hydrogens is 278 g/mol. The van der Waals surface area contributed by atoms with Crippen LogP contribution < -0.4 is 0 Å². The number of carboxylic acid groups (broad SMARTS) is 1. The van der Waals surface area contributed by atoms with Gasteiger partial charge in [0.1, 0.15) is 5.82 Å². The summed E-state index contributed by atoms with van der Waals surface area (Å²) in [7, 11) is 0. The van der Waals surface area contributed by atoms with E-state index in [9.17, 15) is 4.79 Å². The van der Waals surface area contributed by atoms with Crippen LogP contribution in [0.15, 0.2) is 30.6 Å². The highest BCUT2D eigenvalue weighted by Crippen LogP contribution is 2.37. The van der Waals surface area contributed by atoms with Crippen LogP contribution in [-0.2, 0) is 19.6 Å². The standard InChI is InChI=1S/C17H17N3O2/c21-17(22)13-3-4-14-9-20(10-15(14)5-13)8-11-6-18-16(19-7-11)12-1-2-12/h3-7,12H,1-2,8-10H2,(H,21,22). The maximum absolute atomic E-state index is 11.0. The van der Waals surface area contributed by atoms with Crippen LogP contribution in [0.1, 0.15) is 51.6 Å². The summed E-state index contributed by atoms with van der Waals surface area (Å²) in [5, 5.41) is 9.06. The van der Waals surface area contributed by atoms with E-state index in [4.69, 9.17) is 5.11 Å². The smallest absolute Gasteiger partial charge is 0.335 e. The summed E-state index contributed by atoms with van der Waals surface area (Å²) in [6.45, 7) is 2.42. The highest BCUT2D eigenvalue weighted by Gasteiger charge is 2.26. The van der Waals surface area contributed by atoms with Crippen molar-refractivity contribution in [3.8, 4) is 0 Å². The number of carbonyl (C=O) groups is 1. The summed E-state index contributed by atoms with van der Waals surface area (Å²) in [6.07, 6.45) is 6.28. The lowest BCUT2D eigenvalue weighted by atomic mass is 10.1. The lowest BCUT2D eigenvalue weighted by molar-refractivity contribution is 0.0696. The molecule has 0 radical (unpaired) electrons. The number of carboxylic acids is 1. The molecule has 2 aliphatic rings. The lowest BCUT2D eigenvalue weighted by Gasteiger charge is -2.14. The van der Waals surface area contributed by atoms with Gasteiger partial charge in [0, 0.05) is 43.5 Å². The Labute approximate surface area is 128 Å². The number of fused-ring (bicyclic) bond motifs is 1. The van der Waals surface area contributed by atoms with E-state index >= 15 is 0 Å². The summed E-state index contributed by atoms with van der Waals surface area (Å²) in [4.78, 5) is 22.2. The van der Waals surface area contributed by atoms with Crippen LogP contribution in [0.25, 0.3) is 0 Å². The number of hydrogen-bond acceptors (Lipinski definition) is 4. The monoisotopic (exact) mass is 295 g/mol. The molecule has 0 amide bonds. The molecule has 0 unspecified atom stereocenters. The van der Waals surface area contributed by atoms with Gasteiger partial charge in [-0.25, -0.2) is 14.8 Å². The summed E-state index contributed by atoms with van der Waals surface area (Å²) < 4.78 is 0. The third-order valence-electron chi connectivity index (χ3n) is 4.32. The highest BCUT2D eigenvalue weighted by atomic mass is 16.4. The zero-order valence-corrected chi connectivity index (χ0v) is 12.2. The van der Waals surface area contributed by atoms with Gasteiger partial charge in [0.15, 0.2) is 0 Å². The van der Waals surface area contributed by atoms with Crippen LogP contribution in [-0.4, -0.2) is 25.9 Å². The van der Waals surface area contributed by atoms with E-state index in [-0.39, 0.29) is 0 Å². The molecule has 0 spiro atoms. The van der Waals surface area contributed by atoms with Crippen molar-refractivity contribution in [2.75, 3.05) is 0 Å². The largest absolute Gasteiger partial charge is 0.478 e. The van der Waals surface area contributed by atoms with Crippen LogP contribution in [0.2, 0.25) is 0 Å². The average Bonchev–Trinajstić information content (AvgIpc) is 3.27. The SMILES string of the molecule is O=C(O)c1ccc2c(c1)CN(Cc1cnc(C3CC3)nc1)C2. The van der Waals surface area contributed by atoms with E-state index in [1.807, 2.05) is 18.5 Å². The van der Waals surface area contributed by atoms with E-state index in [1.54, 1.807) is 12.1 Å². The Morgan fingerprint density at radius 2 is 1.91 bits per heavy atom. The zero-order chi connectivity index (χ0) is 15.1. The minimum absolute atomic E-state index is 0.359. The minimum Gasteiger partial charge on any atom is -0.478 e. The Morgan fingerprint density at radius 3 is 2.59 bits per heavy atom. The molecule has 1 fully saturated rings. The van der Waals surface area contributed by atoms with Crippen molar-refractivity contribution in [3.05, 3.63) is 58.7 Å². The second-order valence-electron chi connectivity index (χ2n) is 6.16. The van der Waals surface area contributed by atoms with Gasteiger partial charge in [-0.05, 0) is 36.1 Å². The number of aromatic nitrogens is 2. The number of hydrogen-bond donors (Lipinski definition) is 1. The Hall–Kier alpha value is -2.27. The Morgan fingerprint density at radius 1 is 1.18 bits per heavy atom. The molecule has 1 saturated carbocycles. The van der Waals surface area contributed by atoms with Crippen molar-refractivity contribution in [3.63, 3.8) is 0 Å². The first-order chi connectivity index (χ1) is 10.7. The van der Waals surface area contributed by atoms with Gasteiger partial charge in [0.25, 0.3) is 0 Å². The van der Waals surface area contributed by atoms with Gasteiger partial charge in [0.05, 0.1) is 5.56 Å². The molecule has 1 N–H and O–H groups in total. The summed E-state index contributed by atoms with van der Waals surface area (Å²) >= 11 is 0. The molecular formula is C17H17N3O2. The van der Waals surface area contributed by atoms with Gasteiger partial charge in [-0.3, -0.25) is 4.90 Å². The molecule has 1 aromatic heterocycles. The number of aromatic carboxylic acids is 1. The van der Waals surface area contributed by atoms with Crippen LogP contribution in [0.4, 0.5) is 0 Å². The first kappa shape index (κ1) is 13.4. The van der Waals surface area contributed by atoms with Crippen molar-refractivity contribution in [1.82, 2.24) is 14.9 Å². The van der Waals surface area contributed by atoms with E-state index in [0.29, 0.717) is 11.5 Å². The molecule has 5 heteroatoms. The van der Waals surface area contributed by atoms with Gasteiger partial charge in [-0.2, -0.15) is 0 Å². The lowest BCUT2D eigenvalue weighted by Crippen LogP contribution is -2.16. The molecule has 0 saturated heterocycles. The predicted molar refractivity (Wildman–Crippen MR) is 80.4 cm³/mol. The van der Waals surface area contributed by atoms with Crippen LogP contribution in [0.3, 0.4) is 0 Å². The number of nitrogens with zero attached hydrogens (tertiary/aromatic N) is 3. The molecule has 2 aromatic rings. The molecule has 0 atom stereocenters. The Bertz CT molecular complexity index is 723. The summed E-state index contributed by atoms with van der Waals surface area (Å²) in [5.74, 6) is 0.685. The molecule has 22 heavy (non-hydrogen) atoms. The summed E-state index contributed by atoms with van der Waals surface area (Å²) in [6, 6.07) is 5.38. The van der Waals surface area contributed by atoms with Crippen LogP contribution in [0.5, 0.6) is 0 Å². The minimum atomic E-state index is -0.870. The molecule has 2 heterocycles. The third-order valence-corrected chi connectivity index (χ3v) is 4.32. The molecule has 1 aliphatic carbocycles. The van der Waals surface area contributed by atoms with Gasteiger partial charge in [-0.1, -0.05) is 6.07 Å². The van der Waals surface area contributed by atoms with Gasteiger partial charge in [0.2, 0.25) is 0 Å². The summed E-state index contributed by atoms with van der Waals surface area (Å²) in [5.41, 5.74) is 3.78. The van der Waals surface area contributed by atoms with E-state index in [2.05, 4.69) is 14.9 Å². The first-order valence-electron chi connectivity index (χ1n) is 7.57. The molecule has 0 bridgehead atoms. The quantitative estimate of drug-likeness (QED) is 0.939.